The van der Waals surface area contributed by atoms with Crippen LogP contribution in [0.2, 0.25) is 0 Å². The minimum absolute atomic E-state index is 0.148. The lowest BCUT2D eigenvalue weighted by Crippen LogP contribution is -2.33. The average Bonchev–Trinajstić information content (AvgIpc) is 3.03. The molecule has 2 unspecified atom stereocenters. The Bertz CT molecular complexity index is 1330. The van der Waals surface area contributed by atoms with Crippen molar-refractivity contribution in [3.05, 3.63) is 102 Å². The molecule has 1 aliphatic rings. The number of hydrogen-bond acceptors (Lipinski definition) is 4. The molecule has 0 saturated heterocycles. The van der Waals surface area contributed by atoms with Gasteiger partial charge < -0.3 is 10.4 Å². The van der Waals surface area contributed by atoms with E-state index in [4.69, 9.17) is 0 Å². The summed E-state index contributed by atoms with van der Waals surface area (Å²) in [6.45, 7) is 0. The zero-order chi connectivity index (χ0) is 20.7. The van der Waals surface area contributed by atoms with Crippen LogP contribution < -0.4 is 10.0 Å². The molecule has 5 nitrogen and oxygen atoms in total. The minimum Gasteiger partial charge on any atom is -0.508 e. The summed E-state index contributed by atoms with van der Waals surface area (Å²) in [5.74, 6) is 0.148. The molecule has 2 atom stereocenters. The van der Waals surface area contributed by atoms with E-state index < -0.39 is 16.1 Å². The molecule has 0 aromatic heterocycles. The van der Waals surface area contributed by atoms with Crippen molar-refractivity contribution in [1.29, 1.82) is 0 Å². The number of phenols is 1. The van der Waals surface area contributed by atoms with Gasteiger partial charge in [0, 0.05) is 11.8 Å². The minimum atomic E-state index is -3.73. The first-order valence-electron chi connectivity index (χ1n) is 9.67. The number of rotatable bonds is 5. The van der Waals surface area contributed by atoms with Crippen LogP contribution in [0.4, 0.5) is 5.69 Å². The fourth-order valence-corrected chi connectivity index (χ4v) is 5.43. The third kappa shape index (κ3) is 3.20. The lowest BCUT2D eigenvalue weighted by molar-refractivity contribution is 0.475. The van der Waals surface area contributed by atoms with Gasteiger partial charge in [-0.25, -0.2) is 13.1 Å². The van der Waals surface area contributed by atoms with E-state index in [2.05, 4.69) is 10.0 Å². The van der Waals surface area contributed by atoms with Crippen molar-refractivity contribution in [3.8, 4) is 5.75 Å². The van der Waals surface area contributed by atoms with Crippen LogP contribution in [0.3, 0.4) is 0 Å². The van der Waals surface area contributed by atoms with Gasteiger partial charge in [-0.15, -0.1) is 0 Å². The van der Waals surface area contributed by atoms with Gasteiger partial charge in [-0.2, -0.15) is 0 Å². The van der Waals surface area contributed by atoms with Gasteiger partial charge in [0.2, 0.25) is 10.0 Å². The summed E-state index contributed by atoms with van der Waals surface area (Å²) in [4.78, 5) is 0.226. The summed E-state index contributed by atoms with van der Waals surface area (Å²) in [6.07, 6.45) is 0. The Hall–Kier alpha value is -3.35. The monoisotopic (exact) mass is 416 g/mol. The van der Waals surface area contributed by atoms with Gasteiger partial charge in [0.15, 0.2) is 0 Å². The van der Waals surface area contributed by atoms with E-state index in [0.717, 1.165) is 21.9 Å². The molecular formula is C24H20N2O3S. The number of hydrogen-bond donors (Lipinski definition) is 3. The van der Waals surface area contributed by atoms with Gasteiger partial charge in [-0.1, -0.05) is 60.7 Å². The molecule has 3 N–H and O–H groups in total. The third-order valence-electron chi connectivity index (χ3n) is 5.48. The Labute approximate surface area is 175 Å². The van der Waals surface area contributed by atoms with Crippen molar-refractivity contribution < 1.29 is 13.5 Å². The molecule has 150 valence electrons. The zero-order valence-corrected chi connectivity index (χ0v) is 16.8. The molecule has 30 heavy (non-hydrogen) atoms. The van der Waals surface area contributed by atoms with E-state index in [9.17, 15) is 13.5 Å². The van der Waals surface area contributed by atoms with Crippen molar-refractivity contribution in [3.63, 3.8) is 0 Å². The first kappa shape index (κ1) is 18.7. The second-order valence-corrected chi connectivity index (χ2v) is 9.09. The van der Waals surface area contributed by atoms with Crippen LogP contribution in [0.25, 0.3) is 10.8 Å². The van der Waals surface area contributed by atoms with Gasteiger partial charge >= 0.3 is 0 Å². The van der Waals surface area contributed by atoms with Crippen LogP contribution in [0.5, 0.6) is 5.75 Å². The van der Waals surface area contributed by atoms with Crippen LogP contribution in [0.1, 0.15) is 23.2 Å². The van der Waals surface area contributed by atoms with E-state index in [-0.39, 0.29) is 16.7 Å². The Morgan fingerprint density at radius 2 is 1.40 bits per heavy atom. The van der Waals surface area contributed by atoms with Gasteiger partial charge in [0.1, 0.15) is 5.75 Å². The van der Waals surface area contributed by atoms with E-state index in [1.54, 1.807) is 48.5 Å². The largest absolute Gasteiger partial charge is 0.508 e. The number of phenolic OH excluding ortho intramolecular Hbond substituents is 1. The van der Waals surface area contributed by atoms with Gasteiger partial charge in [0.05, 0.1) is 17.0 Å². The predicted molar refractivity (Wildman–Crippen MR) is 118 cm³/mol. The normalized spacial score (nSPS) is 17.9. The zero-order valence-electron chi connectivity index (χ0n) is 16.0. The second kappa shape index (κ2) is 7.16. The molecule has 0 radical (unpaired) electrons. The molecule has 0 amide bonds. The van der Waals surface area contributed by atoms with Crippen LogP contribution in [-0.2, 0) is 10.0 Å². The summed E-state index contributed by atoms with van der Waals surface area (Å²) in [5, 5.41) is 15.4. The highest BCUT2D eigenvalue weighted by Gasteiger charge is 2.37. The highest BCUT2D eigenvalue weighted by molar-refractivity contribution is 7.89. The summed E-state index contributed by atoms with van der Waals surface area (Å²) in [6, 6.07) is 26.4. The third-order valence-corrected chi connectivity index (χ3v) is 6.93. The fourth-order valence-electron chi connectivity index (χ4n) is 4.18. The molecule has 0 saturated carbocycles. The maximum Gasteiger partial charge on any atom is 0.241 e. The van der Waals surface area contributed by atoms with Crippen molar-refractivity contribution in [2.24, 2.45) is 0 Å². The van der Waals surface area contributed by atoms with Crippen molar-refractivity contribution in [1.82, 2.24) is 4.72 Å². The van der Waals surface area contributed by atoms with Crippen molar-refractivity contribution >= 4 is 26.5 Å². The van der Waals surface area contributed by atoms with E-state index in [0.29, 0.717) is 5.69 Å². The van der Waals surface area contributed by atoms with Crippen LogP contribution in [-0.4, -0.2) is 13.5 Å². The van der Waals surface area contributed by atoms with E-state index >= 15 is 0 Å². The Balaban J connectivity index is 1.61. The molecule has 0 aliphatic heterocycles. The molecule has 4 aromatic carbocycles. The smallest absolute Gasteiger partial charge is 0.241 e. The summed E-state index contributed by atoms with van der Waals surface area (Å²) in [7, 11) is -3.73. The molecule has 0 heterocycles. The lowest BCUT2D eigenvalue weighted by Gasteiger charge is -2.25. The number of aromatic hydroxyl groups is 1. The highest BCUT2D eigenvalue weighted by Crippen LogP contribution is 2.46. The number of benzene rings is 4. The molecule has 0 spiro atoms. The summed E-state index contributed by atoms with van der Waals surface area (Å²) >= 11 is 0. The molecule has 6 heteroatoms. The predicted octanol–water partition coefficient (Wildman–Crippen LogP) is 4.73. The van der Waals surface area contributed by atoms with Gasteiger partial charge in [-0.3, -0.25) is 0 Å². The lowest BCUT2D eigenvalue weighted by atomic mass is 10.0. The topological polar surface area (TPSA) is 78.4 Å². The summed E-state index contributed by atoms with van der Waals surface area (Å²) in [5.41, 5.74) is 2.67. The van der Waals surface area contributed by atoms with Crippen molar-refractivity contribution in [2.75, 3.05) is 5.32 Å². The van der Waals surface area contributed by atoms with Crippen LogP contribution >= 0.6 is 0 Å². The first-order valence-corrected chi connectivity index (χ1v) is 11.2. The van der Waals surface area contributed by atoms with Gasteiger partial charge in [0.25, 0.3) is 0 Å². The maximum atomic E-state index is 13.1. The fraction of sp³-hybridized carbons (Fsp3) is 0.0833. The van der Waals surface area contributed by atoms with E-state index in [1.807, 2.05) is 42.5 Å². The van der Waals surface area contributed by atoms with Gasteiger partial charge in [-0.05, 0) is 46.2 Å². The molecule has 4 aromatic rings. The first-order chi connectivity index (χ1) is 14.5. The Kier molecular flexibility index (Phi) is 4.46. The molecular weight excluding hydrogens is 396 g/mol. The van der Waals surface area contributed by atoms with E-state index in [1.165, 1.54) is 0 Å². The highest BCUT2D eigenvalue weighted by atomic mass is 32.2. The van der Waals surface area contributed by atoms with Crippen LogP contribution in [0, 0.1) is 0 Å². The Morgan fingerprint density at radius 1 is 0.733 bits per heavy atom. The quantitative estimate of drug-likeness (QED) is 0.439. The van der Waals surface area contributed by atoms with Crippen LogP contribution in [0.15, 0.2) is 95.9 Å². The average molecular weight is 417 g/mol. The standard InChI is InChI=1S/C24H20N2O3S/c27-18-10-6-9-17(15-18)25-23-20-13-4-7-16-8-5-14-21(22(16)20)24(23)26-30(28,29)19-11-2-1-3-12-19/h1-15,23-27H. The second-order valence-electron chi connectivity index (χ2n) is 7.38. The number of anilines is 1. The molecule has 0 bridgehead atoms. The maximum absolute atomic E-state index is 13.1. The number of sulfonamides is 1. The summed E-state index contributed by atoms with van der Waals surface area (Å²) < 4.78 is 29.2. The molecule has 1 aliphatic carbocycles. The molecule has 5 rings (SSSR count). The number of nitrogens with one attached hydrogen (secondary N) is 2. The molecule has 0 fully saturated rings. The Morgan fingerprint density at radius 3 is 2.10 bits per heavy atom. The SMILES string of the molecule is O=S(=O)(NC1c2cccc3cccc(c23)C1Nc1cccc(O)c1)c1ccccc1. The van der Waals surface area contributed by atoms with Crippen molar-refractivity contribution in [2.45, 2.75) is 17.0 Å².